The topological polar surface area (TPSA) is 178 Å². The molecule has 1 aromatic rings. The lowest BCUT2D eigenvalue weighted by molar-refractivity contribution is -0.0280. The molecule has 2 N–H and O–H groups in total. The number of benzene rings is 1. The summed E-state index contributed by atoms with van der Waals surface area (Å²) in [4.78, 5) is 17.0. The van der Waals surface area contributed by atoms with Gasteiger partial charge in [-0.25, -0.2) is 4.57 Å². The van der Waals surface area contributed by atoms with Crippen LogP contribution in [-0.4, -0.2) is 168 Å². The summed E-state index contributed by atoms with van der Waals surface area (Å²) in [5.41, 5.74) is 0. The van der Waals surface area contributed by atoms with Crippen LogP contribution in [0.4, 0.5) is 0 Å². The van der Waals surface area contributed by atoms with Gasteiger partial charge in [-0.1, -0.05) is 18.2 Å². The summed E-state index contributed by atoms with van der Waals surface area (Å²) in [7, 11) is -4.44. The summed E-state index contributed by atoms with van der Waals surface area (Å²) in [6.45, 7) is 10.2. The Bertz CT molecular complexity index is 803. The second-order valence-electron chi connectivity index (χ2n) is 9.22. The van der Waals surface area contributed by atoms with Gasteiger partial charge in [0.15, 0.2) is 0 Å². The zero-order valence-corrected chi connectivity index (χ0v) is 28.3. The van der Waals surface area contributed by atoms with E-state index in [1.165, 1.54) is 0 Å². The van der Waals surface area contributed by atoms with E-state index in [1.807, 2.05) is 30.3 Å². The second-order valence-corrected chi connectivity index (χ2v) is 10.5. The fourth-order valence-corrected chi connectivity index (χ4v) is 3.56. The number of phosphoric acid groups is 1. The van der Waals surface area contributed by atoms with E-state index in [9.17, 15) is 4.57 Å². The minimum Gasteiger partial charge on any atom is -0.491 e. The molecule has 47 heavy (non-hydrogen) atoms. The van der Waals surface area contributed by atoms with Crippen LogP contribution in [0.2, 0.25) is 0 Å². The second kappa shape index (κ2) is 34.5. The zero-order valence-electron chi connectivity index (χ0n) is 27.4. The molecule has 0 fully saturated rings. The van der Waals surface area contributed by atoms with Crippen molar-refractivity contribution in [1.82, 2.24) is 0 Å². The van der Waals surface area contributed by atoms with Crippen LogP contribution in [0.15, 0.2) is 30.3 Å². The highest BCUT2D eigenvalue weighted by Crippen LogP contribution is 2.35. The van der Waals surface area contributed by atoms with E-state index in [0.29, 0.717) is 145 Å². The van der Waals surface area contributed by atoms with Gasteiger partial charge in [0.25, 0.3) is 0 Å². The smallest absolute Gasteiger partial charge is 0.469 e. The summed E-state index contributed by atoms with van der Waals surface area (Å²) in [5.74, 6) is 0.836. The molecular formula is C30H55O16P. The molecule has 0 spiro atoms. The maximum Gasteiger partial charge on any atom is 0.469 e. The van der Waals surface area contributed by atoms with Crippen molar-refractivity contribution in [3.63, 3.8) is 0 Å². The third-order valence-corrected chi connectivity index (χ3v) is 5.97. The van der Waals surface area contributed by atoms with Gasteiger partial charge in [-0.05, 0) is 12.1 Å². The van der Waals surface area contributed by atoms with Gasteiger partial charge in [-0.2, -0.15) is 0 Å². The quantitative estimate of drug-likeness (QED) is 0.0745. The zero-order chi connectivity index (χ0) is 33.8. The van der Waals surface area contributed by atoms with Crippen LogP contribution in [0.25, 0.3) is 0 Å². The lowest BCUT2D eigenvalue weighted by Crippen LogP contribution is -2.15. The largest absolute Gasteiger partial charge is 0.491 e. The van der Waals surface area contributed by atoms with Crippen molar-refractivity contribution in [2.75, 3.05) is 159 Å². The summed E-state index contributed by atoms with van der Waals surface area (Å²) in [5, 5.41) is 0. The number of rotatable bonds is 38. The van der Waals surface area contributed by atoms with E-state index >= 15 is 0 Å². The molecule has 0 amide bonds. The van der Waals surface area contributed by atoms with Gasteiger partial charge in [-0.3, -0.25) is 4.52 Å². The molecule has 1 aromatic carbocycles. The van der Waals surface area contributed by atoms with Crippen molar-refractivity contribution >= 4 is 7.82 Å². The van der Waals surface area contributed by atoms with Crippen molar-refractivity contribution < 1.29 is 75.7 Å². The van der Waals surface area contributed by atoms with E-state index in [4.69, 9.17) is 66.6 Å². The van der Waals surface area contributed by atoms with Crippen molar-refractivity contribution in [2.45, 2.75) is 0 Å². The van der Waals surface area contributed by atoms with Crippen LogP contribution in [0.3, 0.4) is 0 Å². The highest BCUT2D eigenvalue weighted by Gasteiger charge is 2.12. The molecule has 1 rings (SSSR count). The number of hydrogen-bond donors (Lipinski definition) is 2. The Morgan fingerprint density at radius 3 is 0.851 bits per heavy atom. The molecule has 0 saturated heterocycles. The number of hydrogen-bond acceptors (Lipinski definition) is 14. The van der Waals surface area contributed by atoms with Gasteiger partial charge < -0.3 is 66.6 Å². The molecule has 0 bridgehead atoms. The molecule has 0 aliphatic rings. The molecule has 17 heteroatoms. The molecule has 0 saturated carbocycles. The minimum absolute atomic E-state index is 0.0767. The van der Waals surface area contributed by atoms with Gasteiger partial charge in [-0.15, -0.1) is 0 Å². The van der Waals surface area contributed by atoms with Crippen molar-refractivity contribution in [3.05, 3.63) is 30.3 Å². The Morgan fingerprint density at radius 1 is 0.362 bits per heavy atom. The average Bonchev–Trinajstić information content (AvgIpc) is 3.06. The molecule has 0 atom stereocenters. The minimum atomic E-state index is -4.44. The fraction of sp³-hybridized carbons (Fsp3) is 0.800. The summed E-state index contributed by atoms with van der Waals surface area (Å²) in [6, 6.07) is 9.64. The van der Waals surface area contributed by atoms with Gasteiger partial charge in [0.2, 0.25) is 0 Å². The van der Waals surface area contributed by atoms with Gasteiger partial charge in [0, 0.05) is 0 Å². The highest BCUT2D eigenvalue weighted by molar-refractivity contribution is 7.46. The first-order valence-corrected chi connectivity index (χ1v) is 17.3. The van der Waals surface area contributed by atoms with E-state index in [2.05, 4.69) is 4.52 Å². The van der Waals surface area contributed by atoms with Crippen LogP contribution in [0.1, 0.15) is 0 Å². The monoisotopic (exact) mass is 702 g/mol. The summed E-state index contributed by atoms with van der Waals surface area (Å²) >= 11 is 0. The lowest BCUT2D eigenvalue weighted by Gasteiger charge is -2.09. The fourth-order valence-electron chi connectivity index (χ4n) is 3.25. The van der Waals surface area contributed by atoms with Crippen LogP contribution >= 0.6 is 7.82 Å². The van der Waals surface area contributed by atoms with Gasteiger partial charge in [0.1, 0.15) is 12.4 Å². The number of ether oxygens (including phenoxy) is 12. The maximum atomic E-state index is 10.5. The van der Waals surface area contributed by atoms with E-state index in [-0.39, 0.29) is 13.2 Å². The summed E-state index contributed by atoms with van der Waals surface area (Å²) < 4.78 is 79.7. The molecule has 0 heterocycles. The van der Waals surface area contributed by atoms with Crippen LogP contribution in [0.5, 0.6) is 5.75 Å². The average molecular weight is 703 g/mol. The van der Waals surface area contributed by atoms with Crippen LogP contribution < -0.4 is 4.74 Å². The van der Waals surface area contributed by atoms with Crippen molar-refractivity contribution in [3.8, 4) is 5.75 Å². The molecule has 0 aliphatic heterocycles. The molecule has 0 aliphatic carbocycles. The number of para-hydroxylation sites is 1. The normalized spacial score (nSPS) is 11.8. The lowest BCUT2D eigenvalue weighted by atomic mass is 10.3. The van der Waals surface area contributed by atoms with Gasteiger partial charge in [0.05, 0.1) is 152 Å². The first kappa shape index (κ1) is 43.7. The Labute approximate surface area is 278 Å². The van der Waals surface area contributed by atoms with Crippen LogP contribution in [-0.2, 0) is 61.2 Å². The first-order valence-electron chi connectivity index (χ1n) is 15.8. The third-order valence-electron chi connectivity index (χ3n) is 5.45. The SMILES string of the molecule is O=P(O)(O)OCCOCCOCCOCCOCCOCCOCCOCCOCCOCCOCCOCCOc1ccccc1. The summed E-state index contributed by atoms with van der Waals surface area (Å²) in [6.07, 6.45) is 0. The molecule has 0 unspecified atom stereocenters. The number of phosphoric ester groups is 1. The van der Waals surface area contributed by atoms with Crippen molar-refractivity contribution in [1.29, 1.82) is 0 Å². The molecule has 276 valence electrons. The predicted molar refractivity (Wildman–Crippen MR) is 169 cm³/mol. The Kier molecular flexibility index (Phi) is 32.1. The Morgan fingerprint density at radius 2 is 0.596 bits per heavy atom. The Balaban J connectivity index is 1.62. The first-order chi connectivity index (χ1) is 23.1. The molecule has 16 nitrogen and oxygen atoms in total. The molecule has 0 aromatic heterocycles. The van der Waals surface area contributed by atoms with Crippen molar-refractivity contribution in [2.24, 2.45) is 0 Å². The predicted octanol–water partition coefficient (Wildman–Crippen LogP) is 1.36. The van der Waals surface area contributed by atoms with E-state index in [1.54, 1.807) is 0 Å². The van der Waals surface area contributed by atoms with Crippen LogP contribution in [0, 0.1) is 0 Å². The maximum absolute atomic E-state index is 10.5. The van der Waals surface area contributed by atoms with Gasteiger partial charge >= 0.3 is 7.82 Å². The highest BCUT2D eigenvalue weighted by atomic mass is 31.2. The Hall–Kier alpha value is -1.31. The standard InChI is InChI=1S/C30H55O16P/c31-47(32,33)46-29-27-44-25-23-42-21-19-40-17-15-38-13-11-36-9-7-34-6-8-35-10-12-37-14-16-39-18-20-41-22-24-43-26-28-45-30-4-2-1-3-5-30/h1-5H,6-29H2,(H2,31,32,33). The third kappa shape index (κ3) is 35.8. The molecule has 0 radical (unpaired) electrons. The van der Waals surface area contributed by atoms with E-state index < -0.39 is 7.82 Å². The molecular weight excluding hydrogens is 647 g/mol. The van der Waals surface area contributed by atoms with E-state index in [0.717, 1.165) is 5.75 Å².